The van der Waals surface area contributed by atoms with Crippen molar-refractivity contribution in [3.63, 3.8) is 0 Å². The lowest BCUT2D eigenvalue weighted by atomic mass is 9.90. The zero-order valence-corrected chi connectivity index (χ0v) is 50.3. The molecular formula is C50H80N4S10. The molecule has 2 aromatic rings. The van der Waals surface area contributed by atoms with Crippen molar-refractivity contribution in [3.8, 4) is 0 Å². The summed E-state index contributed by atoms with van der Waals surface area (Å²) in [6.45, 7) is 39.0. The van der Waals surface area contributed by atoms with Gasteiger partial charge in [-0.05, 0) is 85.5 Å². The van der Waals surface area contributed by atoms with Crippen LogP contribution in [0.25, 0.3) is 0 Å². The van der Waals surface area contributed by atoms with Gasteiger partial charge in [0.2, 0.25) is 0 Å². The molecule has 0 bridgehead atoms. The van der Waals surface area contributed by atoms with Crippen molar-refractivity contribution in [2.24, 2.45) is 21.7 Å². The summed E-state index contributed by atoms with van der Waals surface area (Å²) in [5.41, 5.74) is 7.83. The number of thiol groups is 2. The van der Waals surface area contributed by atoms with Crippen LogP contribution in [0.4, 0.5) is 11.4 Å². The van der Waals surface area contributed by atoms with Gasteiger partial charge in [-0.2, -0.15) is 0 Å². The van der Waals surface area contributed by atoms with Gasteiger partial charge in [0.1, 0.15) is 0 Å². The fraction of sp³-hybridized carbons (Fsp3) is 0.640. The van der Waals surface area contributed by atoms with Gasteiger partial charge in [0, 0.05) is 61.2 Å². The monoisotopic (exact) mass is 1060 g/mol. The Balaban J connectivity index is 0.000000427. The van der Waals surface area contributed by atoms with Crippen LogP contribution in [-0.2, 0) is 0 Å². The maximum atomic E-state index is 5.32. The van der Waals surface area contributed by atoms with E-state index in [-0.39, 0.29) is 0 Å². The molecule has 360 valence electrons. The molecule has 2 aliphatic rings. The number of thiocarbonyl (C=S) groups is 2. The fourth-order valence-electron chi connectivity index (χ4n) is 6.61. The molecule has 0 aliphatic heterocycles. The fourth-order valence-corrected chi connectivity index (χ4v) is 11.4. The second-order valence-corrected chi connectivity index (χ2v) is 26.5. The average molecular weight is 1060 g/mol. The van der Waals surface area contributed by atoms with Gasteiger partial charge >= 0.3 is 0 Å². The zero-order chi connectivity index (χ0) is 49.7. The maximum absolute atomic E-state index is 5.32. The van der Waals surface area contributed by atoms with Gasteiger partial charge in [-0.15, -0.1) is 48.8 Å². The number of rotatable bonds is 18. The van der Waals surface area contributed by atoms with E-state index >= 15 is 0 Å². The minimum absolute atomic E-state index is 0.405. The summed E-state index contributed by atoms with van der Waals surface area (Å²) in [5.74, 6) is 0. The number of nitrogens with zero attached hydrogens (tertiary/aromatic N) is 2. The van der Waals surface area contributed by atoms with Crippen LogP contribution in [0.15, 0.2) is 55.3 Å². The van der Waals surface area contributed by atoms with Gasteiger partial charge < -0.3 is 20.4 Å². The Kier molecular flexibility index (Phi) is 26.1. The van der Waals surface area contributed by atoms with Crippen LogP contribution >= 0.6 is 122 Å². The Labute approximate surface area is 441 Å². The average Bonchev–Trinajstić information content (AvgIpc) is 3.18. The quantitative estimate of drug-likeness (QED) is 0.0377. The first-order valence-corrected chi connectivity index (χ1v) is 28.0. The molecule has 0 spiro atoms. The molecule has 0 fully saturated rings. The summed E-state index contributed by atoms with van der Waals surface area (Å²) >= 11 is 43.5. The lowest BCUT2D eigenvalue weighted by Crippen LogP contribution is -2.32. The maximum Gasteiger partial charge on any atom is 0.0815 e. The molecule has 0 unspecified atom stereocenters. The number of thioether (sulfide) groups is 2. The topological polar surface area (TPSA) is 30.5 Å². The Hall–Kier alpha value is -0.420. The van der Waals surface area contributed by atoms with Crippen molar-refractivity contribution in [1.82, 2.24) is 10.2 Å². The number of nitrogens with one attached hydrogen (secondary N) is 2. The number of hydrogen-bond donors (Lipinski definition) is 4. The summed E-state index contributed by atoms with van der Waals surface area (Å²) in [4.78, 5) is 10.4. The van der Waals surface area contributed by atoms with Gasteiger partial charge in [-0.25, -0.2) is 0 Å². The first kappa shape index (κ1) is 61.6. The summed E-state index contributed by atoms with van der Waals surface area (Å²) < 4.78 is 3.46. The molecule has 0 saturated heterocycles. The van der Waals surface area contributed by atoms with Crippen LogP contribution < -0.4 is 15.5 Å². The van der Waals surface area contributed by atoms with Gasteiger partial charge in [0.15, 0.2) is 0 Å². The summed E-state index contributed by atoms with van der Waals surface area (Å²) in [6.07, 6.45) is 13.7. The van der Waals surface area contributed by atoms with Crippen molar-refractivity contribution < 1.29 is 0 Å². The summed E-state index contributed by atoms with van der Waals surface area (Å²) in [5, 5.41) is 6.73. The van der Waals surface area contributed by atoms with Crippen molar-refractivity contribution in [2.45, 2.75) is 144 Å². The minimum atomic E-state index is 0.405. The van der Waals surface area contributed by atoms with Crippen molar-refractivity contribution in [1.29, 1.82) is 0 Å². The highest BCUT2D eigenvalue weighted by Gasteiger charge is 2.29. The highest BCUT2D eigenvalue weighted by Crippen LogP contribution is 2.38. The first-order valence-electron chi connectivity index (χ1n) is 22.2. The third-order valence-electron chi connectivity index (χ3n) is 10.6. The van der Waals surface area contributed by atoms with Crippen molar-refractivity contribution in [3.05, 3.63) is 63.5 Å². The zero-order valence-electron chi connectivity index (χ0n) is 42.0. The predicted octanol–water partition coefficient (Wildman–Crippen LogP) is 17.3. The van der Waals surface area contributed by atoms with E-state index < -0.39 is 0 Å². The highest BCUT2D eigenvalue weighted by molar-refractivity contribution is 7.99. The smallest absolute Gasteiger partial charge is 0.0815 e. The Morgan fingerprint density at radius 2 is 0.906 bits per heavy atom. The molecule has 0 saturated carbocycles. The third kappa shape index (κ3) is 20.3. The van der Waals surface area contributed by atoms with Gasteiger partial charge in [-0.1, -0.05) is 170 Å². The lowest BCUT2D eigenvalue weighted by Gasteiger charge is -2.33. The van der Waals surface area contributed by atoms with Crippen LogP contribution in [0.5, 0.6) is 0 Å². The summed E-state index contributed by atoms with van der Waals surface area (Å²) in [7, 11) is 4.19. The first-order chi connectivity index (χ1) is 29.2. The summed E-state index contributed by atoms with van der Waals surface area (Å²) in [6, 6.07) is 0. The van der Waals surface area contributed by atoms with Gasteiger partial charge in [0.25, 0.3) is 0 Å². The van der Waals surface area contributed by atoms with E-state index in [1.54, 1.807) is 23.5 Å². The standard InChI is InChI=1S/C13H21NS3.C13H21NS2.C12H19NS3.C12H19NS2/c1-13(2,3)7-6-8-14(4)9-10(15)11(16)12(9)17-5;1-9-11(15)10(12(9)16)14(5)8-6-7-13(2,3)4;1-12(2,3)6-5-7-13-8-9(14)10(15)11(8)16-4;1-8-10(14)9(11(8)15)13-7-5-6-12(2,3)4/h6-8H2,1-5H3;15H,1,6-8H2,2-5H3;13H,5-7H2,1-4H3;13-14H,1,5-7H2,2-4H3. The van der Waals surface area contributed by atoms with Crippen molar-refractivity contribution in [2.75, 3.05) is 63.0 Å². The van der Waals surface area contributed by atoms with Crippen LogP contribution in [0.1, 0.15) is 134 Å². The molecule has 2 N–H and O–H groups in total. The Morgan fingerprint density at radius 3 is 1.31 bits per heavy atom. The van der Waals surface area contributed by atoms with Gasteiger partial charge in [-0.3, -0.25) is 0 Å². The molecule has 4 rings (SSSR count). The Bertz CT molecular complexity index is 2150. The van der Waals surface area contributed by atoms with E-state index in [2.05, 4.69) is 162 Å². The molecule has 2 aliphatic carbocycles. The lowest BCUT2D eigenvalue weighted by molar-refractivity contribution is 0.327. The molecule has 2 aromatic carbocycles. The van der Waals surface area contributed by atoms with E-state index in [1.165, 1.54) is 55.5 Å². The number of hydrogen-bond acceptors (Lipinski definition) is 14. The van der Waals surface area contributed by atoms with Crippen LogP contribution in [0.2, 0.25) is 0 Å². The third-order valence-corrected chi connectivity index (χ3v) is 16.2. The predicted molar refractivity (Wildman–Crippen MR) is 317 cm³/mol. The molecule has 64 heavy (non-hydrogen) atoms. The molecule has 4 nitrogen and oxygen atoms in total. The van der Waals surface area contributed by atoms with Crippen LogP contribution in [0, 0.1) is 39.7 Å². The second kappa shape index (κ2) is 27.1. The number of allylic oxidation sites excluding steroid dienone is 4. The minimum Gasteiger partial charge on any atom is -0.383 e. The van der Waals surface area contributed by atoms with E-state index in [9.17, 15) is 0 Å². The molecule has 0 amide bonds. The Morgan fingerprint density at radius 1 is 0.516 bits per heavy atom. The van der Waals surface area contributed by atoms with Crippen LogP contribution in [0.3, 0.4) is 0 Å². The van der Waals surface area contributed by atoms with E-state index in [4.69, 9.17) is 73.3 Å². The normalized spacial score (nSPS) is 14.3. The number of anilines is 2. The molecule has 14 heteroatoms. The molecule has 0 atom stereocenters. The van der Waals surface area contributed by atoms with Crippen LogP contribution in [-0.4, -0.2) is 67.4 Å². The van der Waals surface area contributed by atoms with E-state index in [0.717, 1.165) is 103 Å². The van der Waals surface area contributed by atoms with Crippen molar-refractivity contribution >= 4 is 143 Å². The molecule has 0 radical (unpaired) electrons. The second-order valence-electron chi connectivity index (χ2n) is 21.5. The molecule has 0 aromatic heterocycles. The SMILES string of the molecule is C=C1C(=S)C(N(C)CCCC(C)(C)C)=C1S.C=C1C(=S)C(NCCCC(C)(C)C)=C1S.CSc1c(N(C)CCCC(C)(C)C)c(=S)c1=S.CSc1c(NCCCC(C)(C)C)c(=S)c1=S. The largest absolute Gasteiger partial charge is 0.383 e. The van der Waals surface area contributed by atoms with E-state index in [1.807, 2.05) is 6.26 Å². The van der Waals surface area contributed by atoms with E-state index in [0.29, 0.717) is 21.7 Å². The molecular weight excluding hydrogens is 977 g/mol. The molecule has 0 heterocycles. The highest BCUT2D eigenvalue weighted by atomic mass is 32.2. The van der Waals surface area contributed by atoms with Gasteiger partial charge in [0.05, 0.1) is 60.3 Å².